The Morgan fingerprint density at radius 1 is 1.24 bits per heavy atom. The van der Waals surface area contributed by atoms with Gasteiger partial charge < -0.3 is 5.73 Å². The maximum absolute atomic E-state index is 11.4. The molecule has 1 aromatic carbocycles. The second kappa shape index (κ2) is 4.78. The highest BCUT2D eigenvalue weighted by Crippen LogP contribution is 2.25. The van der Waals surface area contributed by atoms with E-state index in [1.807, 2.05) is 37.3 Å². The Morgan fingerprint density at radius 3 is 2.59 bits per heavy atom. The largest absolute Gasteiger partial charge is 0.366 e. The van der Waals surface area contributed by atoms with Crippen LogP contribution >= 0.6 is 0 Å². The van der Waals surface area contributed by atoms with Crippen molar-refractivity contribution >= 4 is 5.91 Å². The summed E-state index contributed by atoms with van der Waals surface area (Å²) in [7, 11) is 0. The molecule has 86 valence electrons. The lowest BCUT2D eigenvalue weighted by Gasteiger charge is -2.14. The van der Waals surface area contributed by atoms with E-state index in [-0.39, 0.29) is 5.92 Å². The van der Waals surface area contributed by atoms with Crippen molar-refractivity contribution in [2.45, 2.75) is 12.8 Å². The minimum Gasteiger partial charge on any atom is -0.366 e. The minimum absolute atomic E-state index is 0.104. The van der Waals surface area contributed by atoms with Crippen molar-refractivity contribution in [2.24, 2.45) is 5.73 Å². The molecule has 2 aromatic rings. The summed E-state index contributed by atoms with van der Waals surface area (Å²) < 4.78 is 0. The number of nitrogens with two attached hydrogens (primary N) is 1. The van der Waals surface area contributed by atoms with E-state index in [2.05, 4.69) is 4.98 Å². The van der Waals surface area contributed by atoms with Gasteiger partial charge in [0.15, 0.2) is 0 Å². The van der Waals surface area contributed by atoms with Crippen molar-refractivity contribution in [1.82, 2.24) is 4.98 Å². The van der Waals surface area contributed by atoms with Crippen LogP contribution in [0.2, 0.25) is 0 Å². The first-order chi connectivity index (χ1) is 8.20. The number of rotatable bonds is 3. The molecule has 2 rings (SSSR count). The van der Waals surface area contributed by atoms with Gasteiger partial charge >= 0.3 is 0 Å². The Bertz CT molecular complexity index is 523. The molecule has 0 saturated heterocycles. The number of carbonyl (C=O) groups excluding carboxylic acids is 1. The first-order valence-electron chi connectivity index (χ1n) is 5.49. The predicted octanol–water partition coefficient (Wildman–Crippen LogP) is 2.33. The zero-order valence-electron chi connectivity index (χ0n) is 9.63. The number of amides is 1. The number of benzene rings is 1. The fourth-order valence-electron chi connectivity index (χ4n) is 1.90. The SMILES string of the molecule is C[C@H](c1ccccc1)c1cnccc1C(N)=O. The van der Waals surface area contributed by atoms with Gasteiger partial charge in [-0.2, -0.15) is 0 Å². The highest BCUT2D eigenvalue weighted by Gasteiger charge is 2.15. The van der Waals surface area contributed by atoms with Crippen LogP contribution in [-0.2, 0) is 0 Å². The van der Waals surface area contributed by atoms with Gasteiger partial charge in [-0.1, -0.05) is 37.3 Å². The number of aromatic nitrogens is 1. The van der Waals surface area contributed by atoms with Crippen LogP contribution in [0.15, 0.2) is 48.8 Å². The summed E-state index contributed by atoms with van der Waals surface area (Å²) in [6.45, 7) is 2.04. The third-order valence-electron chi connectivity index (χ3n) is 2.88. The standard InChI is InChI=1S/C14H14N2O/c1-10(11-5-3-2-4-6-11)13-9-16-8-7-12(13)14(15)17/h2-10H,1H3,(H2,15,17)/t10-/m1/s1. The van der Waals surface area contributed by atoms with Gasteiger partial charge in [0.2, 0.25) is 5.91 Å². The number of hydrogen-bond acceptors (Lipinski definition) is 2. The summed E-state index contributed by atoms with van der Waals surface area (Å²) in [4.78, 5) is 15.4. The Morgan fingerprint density at radius 2 is 1.94 bits per heavy atom. The molecule has 2 N–H and O–H groups in total. The first-order valence-corrected chi connectivity index (χ1v) is 5.49. The summed E-state index contributed by atoms with van der Waals surface area (Å²) >= 11 is 0. The number of nitrogens with zero attached hydrogens (tertiary/aromatic N) is 1. The van der Waals surface area contributed by atoms with E-state index in [0.717, 1.165) is 11.1 Å². The quantitative estimate of drug-likeness (QED) is 0.873. The van der Waals surface area contributed by atoms with Crippen LogP contribution in [0.25, 0.3) is 0 Å². The van der Waals surface area contributed by atoms with E-state index in [1.165, 1.54) is 0 Å². The van der Waals surface area contributed by atoms with Gasteiger partial charge in [-0.15, -0.1) is 0 Å². The maximum atomic E-state index is 11.4. The molecule has 1 heterocycles. The summed E-state index contributed by atoms with van der Waals surface area (Å²) in [5.41, 5.74) is 7.91. The Balaban J connectivity index is 2.44. The highest BCUT2D eigenvalue weighted by molar-refractivity contribution is 5.94. The van der Waals surface area contributed by atoms with E-state index in [4.69, 9.17) is 5.73 Å². The van der Waals surface area contributed by atoms with E-state index >= 15 is 0 Å². The molecule has 0 aliphatic rings. The molecule has 3 heteroatoms. The molecule has 1 atom stereocenters. The van der Waals surface area contributed by atoms with Crippen LogP contribution in [0.4, 0.5) is 0 Å². The van der Waals surface area contributed by atoms with Crippen molar-refractivity contribution in [3.8, 4) is 0 Å². The Labute approximate surface area is 100 Å². The van der Waals surface area contributed by atoms with Gasteiger partial charge in [-0.05, 0) is 17.2 Å². The summed E-state index contributed by atoms with van der Waals surface area (Å²) in [5, 5.41) is 0. The Kier molecular flexibility index (Phi) is 3.19. The lowest BCUT2D eigenvalue weighted by molar-refractivity contribution is 0.0999. The molecule has 0 aliphatic carbocycles. The summed E-state index contributed by atoms with van der Waals surface area (Å²) in [6.07, 6.45) is 3.29. The van der Waals surface area contributed by atoms with Crippen molar-refractivity contribution in [1.29, 1.82) is 0 Å². The highest BCUT2D eigenvalue weighted by atomic mass is 16.1. The maximum Gasteiger partial charge on any atom is 0.249 e. The van der Waals surface area contributed by atoms with Gasteiger partial charge in [0.25, 0.3) is 0 Å². The van der Waals surface area contributed by atoms with Gasteiger partial charge in [0.1, 0.15) is 0 Å². The number of hydrogen-bond donors (Lipinski definition) is 1. The molecule has 0 aliphatic heterocycles. The molecular weight excluding hydrogens is 212 g/mol. The van der Waals surface area contributed by atoms with Crippen LogP contribution in [0.5, 0.6) is 0 Å². The molecule has 0 fully saturated rings. The minimum atomic E-state index is -0.412. The van der Waals surface area contributed by atoms with Gasteiger partial charge in [-0.25, -0.2) is 0 Å². The average Bonchev–Trinajstić information content (AvgIpc) is 2.39. The third kappa shape index (κ3) is 2.33. The van der Waals surface area contributed by atoms with Crippen LogP contribution in [0, 0.1) is 0 Å². The number of primary amides is 1. The smallest absolute Gasteiger partial charge is 0.249 e. The molecule has 0 spiro atoms. The number of pyridine rings is 1. The first kappa shape index (κ1) is 11.3. The predicted molar refractivity (Wildman–Crippen MR) is 66.7 cm³/mol. The summed E-state index contributed by atoms with van der Waals surface area (Å²) in [5.74, 6) is -0.308. The van der Waals surface area contributed by atoms with Crippen LogP contribution in [0.3, 0.4) is 0 Å². The second-order valence-electron chi connectivity index (χ2n) is 3.96. The molecule has 0 saturated carbocycles. The monoisotopic (exact) mass is 226 g/mol. The Hall–Kier alpha value is -2.16. The molecule has 0 radical (unpaired) electrons. The number of carbonyl (C=O) groups is 1. The van der Waals surface area contributed by atoms with Gasteiger partial charge in [0.05, 0.1) is 0 Å². The van der Waals surface area contributed by atoms with Crippen LogP contribution in [-0.4, -0.2) is 10.9 Å². The van der Waals surface area contributed by atoms with E-state index in [9.17, 15) is 4.79 Å². The molecular formula is C14H14N2O. The van der Waals surface area contributed by atoms with E-state index in [1.54, 1.807) is 18.5 Å². The van der Waals surface area contributed by atoms with Crippen molar-refractivity contribution < 1.29 is 4.79 Å². The third-order valence-corrected chi connectivity index (χ3v) is 2.88. The molecule has 1 aromatic heterocycles. The zero-order valence-corrected chi connectivity index (χ0v) is 9.63. The van der Waals surface area contributed by atoms with E-state index < -0.39 is 5.91 Å². The molecule has 17 heavy (non-hydrogen) atoms. The molecule has 0 unspecified atom stereocenters. The van der Waals surface area contributed by atoms with Crippen molar-refractivity contribution in [3.63, 3.8) is 0 Å². The van der Waals surface area contributed by atoms with Crippen LogP contribution < -0.4 is 5.73 Å². The molecule has 3 nitrogen and oxygen atoms in total. The lowest BCUT2D eigenvalue weighted by Crippen LogP contribution is -2.15. The normalized spacial score (nSPS) is 12.1. The fourth-order valence-corrected chi connectivity index (χ4v) is 1.90. The second-order valence-corrected chi connectivity index (χ2v) is 3.96. The molecule has 1 amide bonds. The van der Waals surface area contributed by atoms with Gasteiger partial charge in [-0.3, -0.25) is 9.78 Å². The lowest BCUT2D eigenvalue weighted by atomic mass is 9.91. The van der Waals surface area contributed by atoms with Crippen LogP contribution in [0.1, 0.15) is 34.3 Å². The van der Waals surface area contributed by atoms with Crippen molar-refractivity contribution in [2.75, 3.05) is 0 Å². The van der Waals surface area contributed by atoms with E-state index in [0.29, 0.717) is 5.56 Å². The topological polar surface area (TPSA) is 56.0 Å². The van der Waals surface area contributed by atoms with Crippen molar-refractivity contribution in [3.05, 3.63) is 65.5 Å². The zero-order chi connectivity index (χ0) is 12.3. The average molecular weight is 226 g/mol. The summed E-state index contributed by atoms with van der Waals surface area (Å²) in [6, 6.07) is 11.6. The van der Waals surface area contributed by atoms with Gasteiger partial charge in [0, 0.05) is 23.9 Å². The molecule has 0 bridgehead atoms. The fraction of sp³-hybridized carbons (Fsp3) is 0.143.